The van der Waals surface area contributed by atoms with Gasteiger partial charge >= 0.3 is 12.1 Å². The van der Waals surface area contributed by atoms with Gasteiger partial charge in [0.2, 0.25) is 5.91 Å². The highest BCUT2D eigenvalue weighted by atomic mass is 32.2. The Morgan fingerprint density at radius 3 is 2.50 bits per heavy atom. The third-order valence-electron chi connectivity index (χ3n) is 5.74. The van der Waals surface area contributed by atoms with Gasteiger partial charge in [0.15, 0.2) is 5.17 Å². The second kappa shape index (κ2) is 9.48. The molecule has 2 aliphatic heterocycles. The van der Waals surface area contributed by atoms with Crippen LogP contribution in [-0.4, -0.2) is 34.6 Å². The Kier molecular flexibility index (Phi) is 6.80. The van der Waals surface area contributed by atoms with E-state index in [4.69, 9.17) is 4.74 Å². The molecule has 4 rings (SSSR count). The number of amidine groups is 1. The van der Waals surface area contributed by atoms with E-state index in [2.05, 4.69) is 10.3 Å². The van der Waals surface area contributed by atoms with Gasteiger partial charge in [0.25, 0.3) is 0 Å². The van der Waals surface area contributed by atoms with E-state index in [0.717, 1.165) is 25.0 Å². The van der Waals surface area contributed by atoms with Crippen LogP contribution in [0, 0.1) is 5.92 Å². The van der Waals surface area contributed by atoms with Crippen molar-refractivity contribution >= 4 is 28.8 Å². The minimum absolute atomic E-state index is 0.0709. The molecule has 1 N–H and O–H groups in total. The molecule has 0 saturated heterocycles. The number of benzene rings is 1. The van der Waals surface area contributed by atoms with Crippen molar-refractivity contribution in [3.8, 4) is 0 Å². The number of hydrogen-bond acceptors (Lipinski definition) is 6. The summed E-state index contributed by atoms with van der Waals surface area (Å²) in [6, 6.07) is 3.95. The van der Waals surface area contributed by atoms with Gasteiger partial charge in [0.05, 0.1) is 35.4 Å². The van der Waals surface area contributed by atoms with Crippen LogP contribution < -0.4 is 5.32 Å². The van der Waals surface area contributed by atoms with Crippen molar-refractivity contribution in [3.63, 3.8) is 0 Å². The van der Waals surface area contributed by atoms with E-state index >= 15 is 0 Å². The number of ether oxygens (including phenoxy) is 1. The van der Waals surface area contributed by atoms with E-state index in [1.165, 1.54) is 23.9 Å². The summed E-state index contributed by atoms with van der Waals surface area (Å²) < 4.78 is 44.9. The standard InChI is InChI=1S/C24H26F3N3O3S/c1-13(2)33-22(32)20-14(3)29-23-30(18(12-34-23)10-19(31)28-11-15-4-5-15)21(20)16-6-8-17(9-7-16)24(25,26)27/h6-9,12-13,15,21H,4-5,10-11H2,1-3H3,(H,28,31). The second-order valence-corrected chi connectivity index (χ2v) is 9.73. The molecule has 1 saturated carbocycles. The number of carbonyl (C=O) groups excluding carboxylic acids is 2. The molecule has 182 valence electrons. The predicted octanol–water partition coefficient (Wildman–Crippen LogP) is 5.15. The largest absolute Gasteiger partial charge is 0.459 e. The number of allylic oxidation sites excluding steroid dienone is 1. The summed E-state index contributed by atoms with van der Waals surface area (Å²) in [4.78, 5) is 31.9. The number of fused-ring (bicyclic) bond motifs is 1. The first-order valence-electron chi connectivity index (χ1n) is 11.1. The molecule has 0 spiro atoms. The number of amides is 1. The van der Waals surface area contributed by atoms with Gasteiger partial charge in [0.1, 0.15) is 0 Å². The summed E-state index contributed by atoms with van der Waals surface area (Å²) >= 11 is 1.32. The van der Waals surface area contributed by atoms with Crippen molar-refractivity contribution in [1.82, 2.24) is 10.2 Å². The lowest BCUT2D eigenvalue weighted by molar-refractivity contribution is -0.143. The van der Waals surface area contributed by atoms with Gasteiger partial charge in [-0.1, -0.05) is 23.9 Å². The van der Waals surface area contributed by atoms with E-state index in [0.29, 0.717) is 34.6 Å². The molecule has 0 aromatic heterocycles. The summed E-state index contributed by atoms with van der Waals surface area (Å²) in [7, 11) is 0. The quantitative estimate of drug-likeness (QED) is 0.532. The van der Waals surface area contributed by atoms with Crippen molar-refractivity contribution in [1.29, 1.82) is 0 Å². The number of aliphatic imine (C=N–C) groups is 1. The highest BCUT2D eigenvalue weighted by molar-refractivity contribution is 8.16. The highest BCUT2D eigenvalue weighted by Crippen LogP contribution is 2.45. The van der Waals surface area contributed by atoms with Gasteiger partial charge in [-0.15, -0.1) is 0 Å². The number of hydrogen-bond donors (Lipinski definition) is 1. The minimum Gasteiger partial charge on any atom is -0.459 e. The van der Waals surface area contributed by atoms with Gasteiger partial charge in [-0.2, -0.15) is 13.2 Å². The van der Waals surface area contributed by atoms with Crippen molar-refractivity contribution < 1.29 is 27.5 Å². The number of alkyl halides is 3. The fourth-order valence-electron chi connectivity index (χ4n) is 3.89. The van der Waals surface area contributed by atoms with Gasteiger partial charge in [-0.05, 0) is 62.6 Å². The highest BCUT2D eigenvalue weighted by Gasteiger charge is 2.42. The first kappa shape index (κ1) is 24.4. The lowest BCUT2D eigenvalue weighted by atomic mass is 9.93. The molecule has 6 nitrogen and oxygen atoms in total. The number of halogens is 3. The zero-order valence-corrected chi connectivity index (χ0v) is 19.9. The number of nitrogens with one attached hydrogen (secondary N) is 1. The van der Waals surface area contributed by atoms with Gasteiger partial charge in [0, 0.05) is 12.2 Å². The maximum absolute atomic E-state index is 13.2. The Balaban J connectivity index is 1.68. The van der Waals surface area contributed by atoms with Crippen LogP contribution >= 0.6 is 11.8 Å². The van der Waals surface area contributed by atoms with Gasteiger partial charge < -0.3 is 15.0 Å². The number of thioether (sulfide) groups is 1. The molecule has 1 aromatic carbocycles. The van der Waals surface area contributed by atoms with Gasteiger partial charge in [-0.3, -0.25) is 4.79 Å². The van der Waals surface area contributed by atoms with E-state index in [1.807, 2.05) is 0 Å². The van der Waals surface area contributed by atoms with Crippen molar-refractivity contribution in [2.75, 3.05) is 6.54 Å². The Morgan fingerprint density at radius 1 is 1.24 bits per heavy atom. The Labute approximate surface area is 200 Å². The minimum atomic E-state index is -4.48. The van der Waals surface area contributed by atoms with Crippen LogP contribution in [0.3, 0.4) is 0 Å². The molecule has 10 heteroatoms. The third-order valence-corrected chi connectivity index (χ3v) is 6.63. The number of rotatable bonds is 7. The molecule has 1 aromatic rings. The van der Waals surface area contributed by atoms with E-state index in [9.17, 15) is 22.8 Å². The van der Waals surface area contributed by atoms with Gasteiger partial charge in [-0.25, -0.2) is 9.79 Å². The smallest absolute Gasteiger partial charge is 0.416 e. The zero-order chi connectivity index (χ0) is 24.6. The molecule has 1 unspecified atom stereocenters. The maximum Gasteiger partial charge on any atom is 0.416 e. The number of nitrogens with zero attached hydrogens (tertiary/aromatic N) is 2. The summed E-state index contributed by atoms with van der Waals surface area (Å²) in [6.45, 7) is 5.76. The Bertz CT molecular complexity index is 1070. The fourth-order valence-corrected chi connectivity index (χ4v) is 4.85. The van der Waals surface area contributed by atoms with E-state index < -0.39 is 23.8 Å². The fraction of sp³-hybridized carbons (Fsp3) is 0.458. The SMILES string of the molecule is CC1=C(C(=O)OC(C)C)C(c2ccc(C(F)(F)F)cc2)N2C(CC(=O)NCC3CC3)=CSC2=N1. The molecule has 0 bridgehead atoms. The normalized spacial score (nSPS) is 20.2. The monoisotopic (exact) mass is 493 g/mol. The lowest BCUT2D eigenvalue weighted by Crippen LogP contribution is -2.38. The first-order valence-corrected chi connectivity index (χ1v) is 12.0. The van der Waals surface area contributed by atoms with Crippen LogP contribution in [-0.2, 0) is 20.5 Å². The van der Waals surface area contributed by atoms with Crippen LogP contribution in [0.1, 0.15) is 57.2 Å². The molecular weight excluding hydrogens is 467 g/mol. The lowest BCUT2D eigenvalue weighted by Gasteiger charge is -2.36. The summed E-state index contributed by atoms with van der Waals surface area (Å²) in [5.74, 6) is -0.204. The van der Waals surface area contributed by atoms with Crippen LogP contribution in [0.5, 0.6) is 0 Å². The molecule has 2 heterocycles. The summed E-state index contributed by atoms with van der Waals surface area (Å²) in [6.07, 6.45) is -2.56. The molecule has 1 aliphatic carbocycles. The summed E-state index contributed by atoms with van der Waals surface area (Å²) in [5.41, 5.74) is 0.997. The van der Waals surface area contributed by atoms with E-state index in [1.54, 1.807) is 31.1 Å². The van der Waals surface area contributed by atoms with Crippen LogP contribution in [0.25, 0.3) is 0 Å². The number of carbonyl (C=O) groups is 2. The molecule has 34 heavy (non-hydrogen) atoms. The molecule has 1 fully saturated rings. The van der Waals surface area contributed by atoms with Crippen LogP contribution in [0.2, 0.25) is 0 Å². The van der Waals surface area contributed by atoms with Crippen molar-refractivity contribution in [2.24, 2.45) is 10.9 Å². The molecular formula is C24H26F3N3O3S. The van der Waals surface area contributed by atoms with Crippen LogP contribution in [0.15, 0.2) is 51.6 Å². The zero-order valence-electron chi connectivity index (χ0n) is 19.1. The maximum atomic E-state index is 13.2. The van der Waals surface area contributed by atoms with E-state index in [-0.39, 0.29) is 24.0 Å². The van der Waals surface area contributed by atoms with Crippen molar-refractivity contribution in [3.05, 3.63) is 57.8 Å². The van der Waals surface area contributed by atoms with Crippen molar-refractivity contribution in [2.45, 2.75) is 58.4 Å². The predicted molar refractivity (Wildman–Crippen MR) is 123 cm³/mol. The first-order chi connectivity index (χ1) is 16.0. The average Bonchev–Trinajstić information content (AvgIpc) is 3.51. The molecule has 1 amide bonds. The summed E-state index contributed by atoms with van der Waals surface area (Å²) in [5, 5.41) is 5.30. The number of esters is 1. The third kappa shape index (κ3) is 5.32. The Morgan fingerprint density at radius 2 is 1.91 bits per heavy atom. The average molecular weight is 494 g/mol. The molecule has 1 atom stereocenters. The second-order valence-electron chi connectivity index (χ2n) is 8.89. The molecule has 3 aliphatic rings. The Hall–Kier alpha value is -2.75. The topological polar surface area (TPSA) is 71.0 Å². The van der Waals surface area contributed by atoms with Crippen LogP contribution in [0.4, 0.5) is 13.2 Å². The molecule has 0 radical (unpaired) electrons.